The number of benzene rings is 1. The first kappa shape index (κ1) is 10.7. The van der Waals surface area contributed by atoms with Crippen molar-refractivity contribution in [3.8, 4) is 5.69 Å². The molecule has 4 heteroatoms. The monoisotopic (exact) mass is 216 g/mol. The Labute approximate surface area is 95.1 Å². The summed E-state index contributed by atoms with van der Waals surface area (Å²) in [7, 11) is 0. The summed E-state index contributed by atoms with van der Waals surface area (Å²) in [6.45, 7) is 2.20. The van der Waals surface area contributed by atoms with Gasteiger partial charge in [0.2, 0.25) is 0 Å². The van der Waals surface area contributed by atoms with Crippen LogP contribution in [0, 0.1) is 0 Å². The maximum Gasteiger partial charge on any atom is 0.166 e. The van der Waals surface area contributed by atoms with Gasteiger partial charge in [0.05, 0.1) is 11.9 Å². The van der Waals surface area contributed by atoms with Crippen molar-refractivity contribution in [2.24, 2.45) is 0 Å². The molecule has 16 heavy (non-hydrogen) atoms. The quantitative estimate of drug-likeness (QED) is 0.852. The first-order valence-corrected chi connectivity index (χ1v) is 5.56. The number of nitrogens with zero attached hydrogens (tertiary/aromatic N) is 3. The number of rotatable bonds is 4. The third-order valence-corrected chi connectivity index (χ3v) is 2.53. The van der Waals surface area contributed by atoms with Gasteiger partial charge in [-0.1, -0.05) is 30.7 Å². The van der Waals surface area contributed by atoms with Crippen molar-refractivity contribution in [1.82, 2.24) is 15.0 Å². The minimum Gasteiger partial charge on any atom is -0.381 e. The van der Waals surface area contributed by atoms with Crippen LogP contribution in [0.5, 0.6) is 0 Å². The van der Waals surface area contributed by atoms with Gasteiger partial charge in [-0.15, -0.1) is 5.10 Å². The fraction of sp³-hybridized carbons (Fsp3) is 0.333. The van der Waals surface area contributed by atoms with Gasteiger partial charge in [-0.2, -0.15) is 0 Å². The van der Waals surface area contributed by atoms with Crippen molar-refractivity contribution < 1.29 is 0 Å². The molecule has 0 aliphatic carbocycles. The van der Waals surface area contributed by atoms with Crippen LogP contribution in [0.1, 0.15) is 25.3 Å². The summed E-state index contributed by atoms with van der Waals surface area (Å²) in [6, 6.07) is 8.34. The van der Waals surface area contributed by atoms with Crippen molar-refractivity contribution in [2.45, 2.75) is 26.2 Å². The van der Waals surface area contributed by atoms with Crippen molar-refractivity contribution in [1.29, 1.82) is 0 Å². The summed E-state index contributed by atoms with van der Waals surface area (Å²) < 4.78 is 1.68. The van der Waals surface area contributed by atoms with E-state index >= 15 is 0 Å². The third-order valence-electron chi connectivity index (χ3n) is 2.53. The van der Waals surface area contributed by atoms with E-state index in [4.69, 9.17) is 5.73 Å². The van der Waals surface area contributed by atoms with Gasteiger partial charge in [0.25, 0.3) is 0 Å². The van der Waals surface area contributed by atoms with E-state index < -0.39 is 0 Å². The molecule has 84 valence electrons. The maximum absolute atomic E-state index is 5.52. The lowest BCUT2D eigenvalue weighted by atomic mass is 10.1. The van der Waals surface area contributed by atoms with Crippen LogP contribution < -0.4 is 5.73 Å². The molecular formula is C12H16N4. The molecule has 4 nitrogen and oxygen atoms in total. The van der Waals surface area contributed by atoms with Crippen LogP contribution in [-0.4, -0.2) is 15.0 Å². The van der Waals surface area contributed by atoms with Gasteiger partial charge in [-0.3, -0.25) is 0 Å². The van der Waals surface area contributed by atoms with Gasteiger partial charge in [0, 0.05) is 0 Å². The van der Waals surface area contributed by atoms with Crippen molar-refractivity contribution in [3.63, 3.8) is 0 Å². The molecule has 0 unspecified atom stereocenters. The van der Waals surface area contributed by atoms with Crippen LogP contribution >= 0.6 is 0 Å². The average Bonchev–Trinajstić information content (AvgIpc) is 2.74. The number of nitrogen functional groups attached to an aromatic ring is 1. The number of hydrogen-bond donors (Lipinski definition) is 1. The molecule has 0 bridgehead atoms. The number of hydrogen-bond acceptors (Lipinski definition) is 3. The normalized spacial score (nSPS) is 10.6. The largest absolute Gasteiger partial charge is 0.381 e. The molecule has 2 N–H and O–H groups in total. The highest BCUT2D eigenvalue weighted by Gasteiger charge is 1.99. The van der Waals surface area contributed by atoms with Crippen LogP contribution in [0.2, 0.25) is 0 Å². The molecule has 0 aliphatic heterocycles. The predicted octanol–water partition coefficient (Wildman–Crippen LogP) is 2.19. The summed E-state index contributed by atoms with van der Waals surface area (Å²) >= 11 is 0. The lowest BCUT2D eigenvalue weighted by Crippen LogP contribution is -1.95. The van der Waals surface area contributed by atoms with Crippen molar-refractivity contribution in [2.75, 3.05) is 5.73 Å². The topological polar surface area (TPSA) is 56.7 Å². The van der Waals surface area contributed by atoms with E-state index in [9.17, 15) is 0 Å². The van der Waals surface area contributed by atoms with E-state index in [0.717, 1.165) is 12.1 Å². The Kier molecular flexibility index (Phi) is 3.19. The Morgan fingerprint density at radius 2 is 2.00 bits per heavy atom. The molecule has 0 saturated carbocycles. The molecule has 0 spiro atoms. The van der Waals surface area contributed by atoms with Gasteiger partial charge in [0.1, 0.15) is 0 Å². The second-order valence-corrected chi connectivity index (χ2v) is 3.86. The van der Waals surface area contributed by atoms with Crippen LogP contribution in [0.4, 0.5) is 5.82 Å². The molecule has 0 atom stereocenters. The third kappa shape index (κ3) is 2.39. The summed E-state index contributed by atoms with van der Waals surface area (Å²) in [6.07, 6.45) is 5.30. The Morgan fingerprint density at radius 1 is 1.25 bits per heavy atom. The Bertz CT molecular complexity index is 444. The average molecular weight is 216 g/mol. The van der Waals surface area contributed by atoms with E-state index in [0.29, 0.717) is 5.82 Å². The summed E-state index contributed by atoms with van der Waals surface area (Å²) in [4.78, 5) is 0. The van der Waals surface area contributed by atoms with Gasteiger partial charge in [-0.05, 0) is 30.5 Å². The second-order valence-electron chi connectivity index (χ2n) is 3.86. The molecule has 0 aliphatic rings. The molecule has 0 radical (unpaired) electrons. The fourth-order valence-corrected chi connectivity index (χ4v) is 1.60. The van der Waals surface area contributed by atoms with E-state index in [1.165, 1.54) is 18.4 Å². The molecule has 0 fully saturated rings. The van der Waals surface area contributed by atoms with Crippen LogP contribution in [0.25, 0.3) is 5.69 Å². The first-order valence-electron chi connectivity index (χ1n) is 5.56. The number of unbranched alkanes of at least 4 members (excludes halogenated alkanes) is 1. The molecule has 1 heterocycles. The Hall–Kier alpha value is -1.84. The van der Waals surface area contributed by atoms with Crippen LogP contribution in [0.3, 0.4) is 0 Å². The smallest absolute Gasteiger partial charge is 0.166 e. The van der Waals surface area contributed by atoms with Crippen LogP contribution in [0.15, 0.2) is 30.5 Å². The minimum atomic E-state index is 0.440. The fourth-order valence-electron chi connectivity index (χ4n) is 1.60. The van der Waals surface area contributed by atoms with Gasteiger partial charge < -0.3 is 5.73 Å². The van der Waals surface area contributed by atoms with E-state index in [-0.39, 0.29) is 0 Å². The first-order chi connectivity index (χ1) is 7.79. The highest BCUT2D eigenvalue weighted by Crippen LogP contribution is 2.11. The maximum atomic E-state index is 5.52. The summed E-state index contributed by atoms with van der Waals surface area (Å²) in [5, 5.41) is 7.68. The molecule has 0 amide bonds. The summed E-state index contributed by atoms with van der Waals surface area (Å²) in [5.74, 6) is 0.440. The summed E-state index contributed by atoms with van der Waals surface area (Å²) in [5.41, 5.74) is 7.87. The van der Waals surface area contributed by atoms with Crippen molar-refractivity contribution >= 4 is 5.82 Å². The standard InChI is InChI=1S/C12H16N4/c1-2-3-4-10-5-7-11(8-6-10)16-9-12(13)14-15-16/h5-9H,2-4,13H2,1H3. The lowest BCUT2D eigenvalue weighted by molar-refractivity contribution is 0.788. The van der Waals surface area contributed by atoms with E-state index in [2.05, 4.69) is 29.4 Å². The molecule has 1 aromatic heterocycles. The molecule has 0 saturated heterocycles. The van der Waals surface area contributed by atoms with Gasteiger partial charge in [0.15, 0.2) is 5.82 Å². The predicted molar refractivity (Wildman–Crippen MR) is 64.4 cm³/mol. The van der Waals surface area contributed by atoms with Gasteiger partial charge >= 0.3 is 0 Å². The lowest BCUT2D eigenvalue weighted by Gasteiger charge is -2.02. The van der Waals surface area contributed by atoms with E-state index in [1.54, 1.807) is 10.9 Å². The number of anilines is 1. The SMILES string of the molecule is CCCCc1ccc(-n2cc(N)nn2)cc1. The zero-order valence-corrected chi connectivity index (χ0v) is 9.43. The van der Waals surface area contributed by atoms with Crippen molar-refractivity contribution in [3.05, 3.63) is 36.0 Å². The Morgan fingerprint density at radius 3 is 2.56 bits per heavy atom. The number of nitrogens with two attached hydrogens (primary N) is 1. The molecule has 1 aromatic carbocycles. The highest BCUT2D eigenvalue weighted by atomic mass is 15.4. The number of aryl methyl sites for hydroxylation is 1. The highest BCUT2D eigenvalue weighted by molar-refractivity contribution is 5.36. The number of aromatic nitrogens is 3. The zero-order valence-electron chi connectivity index (χ0n) is 9.43. The minimum absolute atomic E-state index is 0.440. The van der Waals surface area contributed by atoms with E-state index in [1.807, 2.05) is 12.1 Å². The van der Waals surface area contributed by atoms with Gasteiger partial charge in [-0.25, -0.2) is 4.68 Å². The molecule has 2 rings (SSSR count). The zero-order chi connectivity index (χ0) is 11.4. The second kappa shape index (κ2) is 4.79. The van der Waals surface area contributed by atoms with Crippen LogP contribution in [-0.2, 0) is 6.42 Å². The molecular weight excluding hydrogens is 200 g/mol. The molecule has 2 aromatic rings. The Balaban J connectivity index is 2.13.